The normalized spacial score (nSPS) is 13.7. The molecule has 0 spiro atoms. The molecule has 166 valence electrons. The van der Waals surface area contributed by atoms with Crippen LogP contribution in [-0.2, 0) is 27.3 Å². The minimum Gasteiger partial charge on any atom is -0.460 e. The van der Waals surface area contributed by atoms with Crippen LogP contribution in [0.15, 0.2) is 0 Å². The maximum absolute atomic E-state index is 12.8. The number of nitrogens with zero attached hydrogens (tertiary/aromatic N) is 1. The van der Waals surface area contributed by atoms with Crippen LogP contribution in [0.25, 0.3) is 0 Å². The Morgan fingerprint density at radius 1 is 1.13 bits per heavy atom. The number of carbonyl (C=O) groups excluding carboxylic acids is 4. The Hall–Kier alpha value is -1.86. The average molecular weight is 459 g/mol. The number of carbonyl (C=O) groups is 4. The van der Waals surface area contributed by atoms with E-state index in [9.17, 15) is 19.2 Å². The number of ether oxygens (including phenoxy) is 1. The Balaban J connectivity index is 2.04. The van der Waals surface area contributed by atoms with Gasteiger partial charge in [0, 0.05) is 24.2 Å². The second-order valence-electron chi connectivity index (χ2n) is 9.12. The van der Waals surface area contributed by atoms with Crippen molar-refractivity contribution in [1.82, 2.24) is 9.88 Å². The van der Waals surface area contributed by atoms with Crippen LogP contribution in [0, 0.1) is 0 Å². The fourth-order valence-electron chi connectivity index (χ4n) is 3.57. The Bertz CT molecular complexity index is 881. The Kier molecular flexibility index (Phi) is 7.41. The van der Waals surface area contributed by atoms with Crippen molar-refractivity contribution in [3.8, 4) is 0 Å². The SMILES string of the molecule is CC(C)(CCCC(=O)OC(C)(C)C)NC(=O)C(=O)c1c(Cl)c(C(=O)Cl)c2n1CCC2. The minimum atomic E-state index is -0.820. The van der Waals surface area contributed by atoms with Gasteiger partial charge in [-0.05, 0) is 71.9 Å². The van der Waals surface area contributed by atoms with Gasteiger partial charge in [-0.2, -0.15) is 0 Å². The van der Waals surface area contributed by atoms with E-state index in [1.165, 1.54) is 0 Å². The molecule has 0 aromatic carbocycles. The van der Waals surface area contributed by atoms with E-state index in [0.29, 0.717) is 31.5 Å². The summed E-state index contributed by atoms with van der Waals surface area (Å²) in [5.74, 6) is -1.94. The van der Waals surface area contributed by atoms with Crippen LogP contribution in [-0.4, -0.2) is 38.6 Å². The summed E-state index contributed by atoms with van der Waals surface area (Å²) in [7, 11) is 0. The van der Waals surface area contributed by atoms with Crippen molar-refractivity contribution in [3.05, 3.63) is 22.0 Å². The van der Waals surface area contributed by atoms with Crippen molar-refractivity contribution < 1.29 is 23.9 Å². The largest absolute Gasteiger partial charge is 0.460 e. The van der Waals surface area contributed by atoms with Gasteiger partial charge in [0.1, 0.15) is 11.3 Å². The number of Topliss-reactive ketones (excluding diaryl/α,β-unsaturated/α-hetero) is 1. The molecule has 0 unspecified atom stereocenters. The van der Waals surface area contributed by atoms with Crippen molar-refractivity contribution in [2.45, 2.75) is 84.4 Å². The van der Waals surface area contributed by atoms with Gasteiger partial charge in [0.25, 0.3) is 16.9 Å². The molecule has 1 aliphatic heterocycles. The number of fused-ring (bicyclic) bond motifs is 1. The molecule has 7 nitrogen and oxygen atoms in total. The lowest BCUT2D eigenvalue weighted by molar-refractivity contribution is -0.154. The molecular formula is C21H28Cl2N2O5. The van der Waals surface area contributed by atoms with Crippen molar-refractivity contribution in [2.75, 3.05) is 0 Å². The molecule has 1 aliphatic rings. The van der Waals surface area contributed by atoms with Gasteiger partial charge in [0.15, 0.2) is 0 Å². The zero-order valence-corrected chi connectivity index (χ0v) is 19.5. The number of aromatic nitrogens is 1. The molecule has 0 bridgehead atoms. The summed E-state index contributed by atoms with van der Waals surface area (Å²) in [6.07, 6.45) is 2.48. The smallest absolute Gasteiger partial charge is 0.306 e. The lowest BCUT2D eigenvalue weighted by atomic mass is 9.96. The van der Waals surface area contributed by atoms with Gasteiger partial charge in [-0.15, -0.1) is 0 Å². The molecule has 0 radical (unpaired) electrons. The van der Waals surface area contributed by atoms with E-state index in [2.05, 4.69) is 5.32 Å². The third-order valence-electron chi connectivity index (χ3n) is 4.78. The highest BCUT2D eigenvalue weighted by Crippen LogP contribution is 2.34. The number of esters is 1. The van der Waals surface area contributed by atoms with Crippen molar-refractivity contribution in [1.29, 1.82) is 0 Å². The fourth-order valence-corrected chi connectivity index (χ4v) is 4.20. The number of hydrogen-bond donors (Lipinski definition) is 1. The van der Waals surface area contributed by atoms with E-state index in [1.807, 2.05) is 0 Å². The van der Waals surface area contributed by atoms with Gasteiger partial charge in [-0.3, -0.25) is 19.2 Å². The topological polar surface area (TPSA) is 94.5 Å². The lowest BCUT2D eigenvalue weighted by Gasteiger charge is -2.26. The van der Waals surface area contributed by atoms with Gasteiger partial charge >= 0.3 is 5.97 Å². The molecule has 0 aliphatic carbocycles. The predicted octanol–water partition coefficient (Wildman–Crippen LogP) is 4.06. The van der Waals surface area contributed by atoms with Crippen LogP contribution >= 0.6 is 23.2 Å². The first kappa shape index (κ1) is 24.4. The van der Waals surface area contributed by atoms with Crippen LogP contribution in [0.1, 0.15) is 86.8 Å². The monoisotopic (exact) mass is 458 g/mol. The van der Waals surface area contributed by atoms with Gasteiger partial charge in [0.05, 0.1) is 10.6 Å². The van der Waals surface area contributed by atoms with E-state index in [-0.39, 0.29) is 28.7 Å². The van der Waals surface area contributed by atoms with Gasteiger partial charge < -0.3 is 14.6 Å². The fraction of sp³-hybridized carbons (Fsp3) is 0.619. The van der Waals surface area contributed by atoms with Crippen LogP contribution in [0.4, 0.5) is 0 Å². The molecule has 0 saturated carbocycles. The maximum Gasteiger partial charge on any atom is 0.306 e. The lowest BCUT2D eigenvalue weighted by Crippen LogP contribution is -2.46. The Morgan fingerprint density at radius 2 is 1.77 bits per heavy atom. The first-order chi connectivity index (χ1) is 13.7. The van der Waals surface area contributed by atoms with Crippen molar-refractivity contribution in [3.63, 3.8) is 0 Å². The number of ketones is 1. The second kappa shape index (κ2) is 9.10. The third-order valence-corrected chi connectivity index (χ3v) is 5.34. The minimum absolute atomic E-state index is 0.00442. The zero-order chi connectivity index (χ0) is 22.9. The molecule has 30 heavy (non-hydrogen) atoms. The zero-order valence-electron chi connectivity index (χ0n) is 18.0. The van der Waals surface area contributed by atoms with Crippen LogP contribution < -0.4 is 5.32 Å². The Labute approximate surface area is 186 Å². The average Bonchev–Trinajstić information content (AvgIpc) is 3.10. The highest BCUT2D eigenvalue weighted by atomic mass is 35.5. The van der Waals surface area contributed by atoms with Crippen molar-refractivity contribution in [2.24, 2.45) is 0 Å². The molecule has 1 amide bonds. The van der Waals surface area contributed by atoms with E-state index in [0.717, 1.165) is 6.42 Å². The van der Waals surface area contributed by atoms with E-state index < -0.39 is 28.1 Å². The molecule has 0 saturated heterocycles. The molecule has 0 fully saturated rings. The molecule has 1 N–H and O–H groups in total. The number of hydrogen-bond acceptors (Lipinski definition) is 5. The number of nitrogens with one attached hydrogen (secondary N) is 1. The highest BCUT2D eigenvalue weighted by Gasteiger charge is 2.35. The second-order valence-corrected chi connectivity index (χ2v) is 9.84. The summed E-state index contributed by atoms with van der Waals surface area (Å²) < 4.78 is 6.88. The summed E-state index contributed by atoms with van der Waals surface area (Å²) >= 11 is 11.9. The third kappa shape index (κ3) is 5.85. The molecule has 9 heteroatoms. The van der Waals surface area contributed by atoms with Crippen LogP contribution in [0.5, 0.6) is 0 Å². The quantitative estimate of drug-likeness (QED) is 0.274. The first-order valence-corrected chi connectivity index (χ1v) is 10.7. The standard InChI is InChI=1S/C21H28Cl2N2O5/c1-20(2,3)30-13(26)9-6-10-21(4,5)24-19(29)17(27)16-15(22)14(18(23)28)12-8-7-11-25(12)16/h6-11H2,1-5H3,(H,24,29). The van der Waals surface area contributed by atoms with Gasteiger partial charge in [-0.25, -0.2) is 0 Å². The van der Waals surface area contributed by atoms with Gasteiger partial charge in [-0.1, -0.05) is 11.6 Å². The number of halogens is 2. The van der Waals surface area contributed by atoms with Crippen molar-refractivity contribution >= 4 is 46.1 Å². The van der Waals surface area contributed by atoms with E-state index in [4.69, 9.17) is 27.9 Å². The summed E-state index contributed by atoms with van der Waals surface area (Å²) in [6.45, 7) is 9.43. The van der Waals surface area contributed by atoms with Crippen LogP contribution in [0.3, 0.4) is 0 Å². The van der Waals surface area contributed by atoms with Gasteiger partial charge in [0.2, 0.25) is 0 Å². The summed E-state index contributed by atoms with van der Waals surface area (Å²) in [6, 6.07) is 0. The number of amides is 1. The molecule has 2 rings (SSSR count). The highest BCUT2D eigenvalue weighted by molar-refractivity contribution is 6.69. The first-order valence-electron chi connectivity index (χ1n) is 9.93. The van der Waals surface area contributed by atoms with E-state index in [1.54, 1.807) is 39.2 Å². The van der Waals surface area contributed by atoms with Crippen LogP contribution in [0.2, 0.25) is 5.02 Å². The summed E-state index contributed by atoms with van der Waals surface area (Å²) in [5, 5.41) is 1.88. The molecular weight excluding hydrogens is 431 g/mol. The predicted molar refractivity (Wildman–Crippen MR) is 114 cm³/mol. The molecule has 1 aromatic rings. The summed E-state index contributed by atoms with van der Waals surface area (Å²) in [4.78, 5) is 49.0. The van der Waals surface area contributed by atoms with E-state index >= 15 is 0 Å². The molecule has 1 aromatic heterocycles. The summed E-state index contributed by atoms with van der Waals surface area (Å²) in [5.41, 5.74) is -0.591. The Morgan fingerprint density at radius 3 is 2.33 bits per heavy atom. The molecule has 0 atom stereocenters. The molecule has 2 heterocycles. The number of rotatable bonds is 8. The maximum atomic E-state index is 12.8.